The van der Waals surface area contributed by atoms with Crippen LogP contribution in [0.15, 0.2) is 0 Å². The van der Waals surface area contributed by atoms with E-state index in [-0.39, 0.29) is 0 Å². The molecule has 0 radical (unpaired) electrons. The Balaban J connectivity index is 1.28. The number of piperidine rings is 1. The molecular formula is C17H33N3. The largest absolute Gasteiger partial charge is 0.314 e. The minimum atomic E-state index is 0.832. The van der Waals surface area contributed by atoms with E-state index in [1.165, 1.54) is 97.1 Å². The van der Waals surface area contributed by atoms with E-state index in [2.05, 4.69) is 15.1 Å². The molecule has 0 spiro atoms. The molecule has 3 nitrogen and oxygen atoms in total. The van der Waals surface area contributed by atoms with Gasteiger partial charge in [-0.1, -0.05) is 25.7 Å². The van der Waals surface area contributed by atoms with Crippen molar-refractivity contribution in [3.05, 3.63) is 0 Å². The van der Waals surface area contributed by atoms with Crippen molar-refractivity contribution in [3.63, 3.8) is 0 Å². The molecule has 2 saturated heterocycles. The first-order chi connectivity index (χ1) is 9.92. The Morgan fingerprint density at radius 2 is 1.70 bits per heavy atom. The van der Waals surface area contributed by atoms with Crippen LogP contribution >= 0.6 is 0 Å². The van der Waals surface area contributed by atoms with E-state index < -0.39 is 0 Å². The molecule has 1 aliphatic carbocycles. The summed E-state index contributed by atoms with van der Waals surface area (Å²) in [6.07, 6.45) is 12.9. The zero-order valence-electron chi connectivity index (χ0n) is 13.2. The molecule has 0 aromatic heterocycles. The highest BCUT2D eigenvalue weighted by Crippen LogP contribution is 2.21. The standard InChI is InChI=1S/C17H33N3/c1-2-7-16(8-3-1)18-10-6-11-19-13-14-20-12-5-4-9-17(20)15-19/h16-18H,1-15H2. The molecule has 3 rings (SSSR count). The lowest BCUT2D eigenvalue weighted by molar-refractivity contribution is 0.0488. The second kappa shape index (κ2) is 7.77. The van der Waals surface area contributed by atoms with Crippen molar-refractivity contribution >= 4 is 0 Å². The van der Waals surface area contributed by atoms with Gasteiger partial charge in [0.1, 0.15) is 0 Å². The summed E-state index contributed by atoms with van der Waals surface area (Å²) in [4.78, 5) is 5.45. The third-order valence-electron chi connectivity index (χ3n) is 5.61. The molecule has 3 heteroatoms. The maximum Gasteiger partial charge on any atom is 0.0223 e. The molecule has 0 bridgehead atoms. The Morgan fingerprint density at radius 1 is 0.850 bits per heavy atom. The molecule has 0 amide bonds. The number of hydrogen-bond acceptors (Lipinski definition) is 3. The summed E-state index contributed by atoms with van der Waals surface area (Å²) in [7, 11) is 0. The van der Waals surface area contributed by atoms with Crippen LogP contribution in [0.4, 0.5) is 0 Å². The summed E-state index contributed by atoms with van der Waals surface area (Å²) in [5.41, 5.74) is 0. The van der Waals surface area contributed by atoms with Crippen molar-refractivity contribution in [1.29, 1.82) is 0 Å². The van der Waals surface area contributed by atoms with Crippen molar-refractivity contribution < 1.29 is 0 Å². The maximum absolute atomic E-state index is 3.78. The smallest absolute Gasteiger partial charge is 0.0223 e. The highest BCUT2D eigenvalue weighted by Gasteiger charge is 2.28. The van der Waals surface area contributed by atoms with Gasteiger partial charge >= 0.3 is 0 Å². The van der Waals surface area contributed by atoms with Crippen LogP contribution in [0.25, 0.3) is 0 Å². The summed E-state index contributed by atoms with van der Waals surface area (Å²) in [5.74, 6) is 0. The minimum Gasteiger partial charge on any atom is -0.314 e. The fraction of sp³-hybridized carbons (Fsp3) is 1.00. The van der Waals surface area contributed by atoms with Gasteiger partial charge in [0.25, 0.3) is 0 Å². The predicted molar refractivity (Wildman–Crippen MR) is 85.1 cm³/mol. The van der Waals surface area contributed by atoms with Gasteiger partial charge in [-0.25, -0.2) is 0 Å². The summed E-state index contributed by atoms with van der Waals surface area (Å²) in [6, 6.07) is 1.71. The van der Waals surface area contributed by atoms with Gasteiger partial charge in [0.05, 0.1) is 0 Å². The highest BCUT2D eigenvalue weighted by atomic mass is 15.3. The van der Waals surface area contributed by atoms with Crippen LogP contribution in [0.5, 0.6) is 0 Å². The van der Waals surface area contributed by atoms with E-state index in [0.717, 1.165) is 12.1 Å². The Kier molecular flexibility index (Phi) is 5.75. The molecule has 116 valence electrons. The molecular weight excluding hydrogens is 246 g/mol. The zero-order chi connectivity index (χ0) is 13.6. The van der Waals surface area contributed by atoms with Crippen LogP contribution in [-0.2, 0) is 0 Å². The molecule has 0 aromatic carbocycles. The highest BCUT2D eigenvalue weighted by molar-refractivity contribution is 4.85. The van der Waals surface area contributed by atoms with E-state index in [4.69, 9.17) is 0 Å². The Hall–Kier alpha value is -0.120. The molecule has 20 heavy (non-hydrogen) atoms. The van der Waals surface area contributed by atoms with Gasteiger partial charge < -0.3 is 10.2 Å². The Labute approximate surface area is 125 Å². The lowest BCUT2D eigenvalue weighted by Crippen LogP contribution is -2.55. The van der Waals surface area contributed by atoms with E-state index >= 15 is 0 Å². The van der Waals surface area contributed by atoms with Gasteiger partial charge in [-0.3, -0.25) is 4.90 Å². The monoisotopic (exact) mass is 279 g/mol. The first-order valence-corrected chi connectivity index (χ1v) is 9.11. The second-order valence-electron chi connectivity index (χ2n) is 7.13. The quantitative estimate of drug-likeness (QED) is 0.780. The van der Waals surface area contributed by atoms with Crippen molar-refractivity contribution in [2.24, 2.45) is 0 Å². The van der Waals surface area contributed by atoms with Crippen LogP contribution in [-0.4, -0.2) is 61.2 Å². The molecule has 1 saturated carbocycles. The van der Waals surface area contributed by atoms with Gasteiger partial charge in [-0.05, 0) is 51.7 Å². The SMILES string of the molecule is C1CCC(NCCCN2CCN3CCCCC3C2)CC1. The van der Waals surface area contributed by atoms with Gasteiger partial charge in [-0.15, -0.1) is 0 Å². The van der Waals surface area contributed by atoms with E-state index in [1.807, 2.05) is 0 Å². The second-order valence-corrected chi connectivity index (χ2v) is 7.13. The molecule has 1 N–H and O–H groups in total. The maximum atomic E-state index is 3.78. The van der Waals surface area contributed by atoms with Crippen LogP contribution < -0.4 is 5.32 Å². The van der Waals surface area contributed by atoms with Crippen molar-refractivity contribution in [1.82, 2.24) is 15.1 Å². The van der Waals surface area contributed by atoms with Gasteiger partial charge in [0, 0.05) is 31.7 Å². The van der Waals surface area contributed by atoms with Gasteiger partial charge in [-0.2, -0.15) is 0 Å². The normalized spacial score (nSPS) is 30.3. The summed E-state index contributed by atoms with van der Waals surface area (Å²) >= 11 is 0. The Morgan fingerprint density at radius 3 is 2.60 bits per heavy atom. The number of fused-ring (bicyclic) bond motifs is 1. The average molecular weight is 279 g/mol. The number of nitrogens with zero attached hydrogens (tertiary/aromatic N) is 2. The third-order valence-corrected chi connectivity index (χ3v) is 5.61. The number of rotatable bonds is 5. The van der Waals surface area contributed by atoms with Crippen molar-refractivity contribution in [2.75, 3.05) is 39.3 Å². The molecule has 3 fully saturated rings. The summed E-state index contributed by atoms with van der Waals surface area (Å²) < 4.78 is 0. The molecule has 1 atom stereocenters. The van der Waals surface area contributed by atoms with E-state index in [9.17, 15) is 0 Å². The van der Waals surface area contributed by atoms with Crippen LogP contribution in [0, 0.1) is 0 Å². The average Bonchev–Trinajstić information content (AvgIpc) is 2.52. The number of hydrogen-bond donors (Lipinski definition) is 1. The molecule has 1 unspecified atom stereocenters. The zero-order valence-corrected chi connectivity index (χ0v) is 13.2. The Bertz CT molecular complexity index is 275. The van der Waals surface area contributed by atoms with Crippen molar-refractivity contribution in [3.8, 4) is 0 Å². The van der Waals surface area contributed by atoms with Gasteiger partial charge in [0.15, 0.2) is 0 Å². The van der Waals surface area contributed by atoms with Crippen LogP contribution in [0.3, 0.4) is 0 Å². The first-order valence-electron chi connectivity index (χ1n) is 9.11. The summed E-state index contributed by atoms with van der Waals surface area (Å²) in [5, 5.41) is 3.78. The molecule has 3 aliphatic rings. The van der Waals surface area contributed by atoms with Gasteiger partial charge in [0.2, 0.25) is 0 Å². The topological polar surface area (TPSA) is 18.5 Å². The number of piperazine rings is 1. The third kappa shape index (κ3) is 4.19. The molecule has 2 aliphatic heterocycles. The lowest BCUT2D eigenvalue weighted by atomic mass is 9.95. The van der Waals surface area contributed by atoms with E-state index in [1.54, 1.807) is 0 Å². The van der Waals surface area contributed by atoms with Crippen molar-refractivity contribution in [2.45, 2.75) is 69.9 Å². The summed E-state index contributed by atoms with van der Waals surface area (Å²) in [6.45, 7) is 7.87. The predicted octanol–water partition coefficient (Wildman–Crippen LogP) is 2.47. The minimum absolute atomic E-state index is 0.832. The molecule has 0 aromatic rings. The van der Waals surface area contributed by atoms with Crippen LogP contribution in [0.1, 0.15) is 57.8 Å². The first kappa shape index (κ1) is 14.8. The van der Waals surface area contributed by atoms with E-state index in [0.29, 0.717) is 0 Å². The van der Waals surface area contributed by atoms with Crippen LogP contribution in [0.2, 0.25) is 0 Å². The number of nitrogens with one attached hydrogen (secondary N) is 1. The fourth-order valence-corrected chi connectivity index (χ4v) is 4.34. The molecule has 2 heterocycles. The lowest BCUT2D eigenvalue weighted by Gasteiger charge is -2.44. The fourth-order valence-electron chi connectivity index (χ4n) is 4.34.